The standard InChI is InChI=1S/C13H11NO2/c15-13(16)8-2-5-10-4-1-7-12-11(10)6-3-9-14-12/h1-7,9H,8H2,(H,15,16). The number of benzene rings is 1. The number of fused-ring (bicyclic) bond motifs is 1. The summed E-state index contributed by atoms with van der Waals surface area (Å²) in [6.45, 7) is 0. The third-order valence-electron chi connectivity index (χ3n) is 2.27. The van der Waals surface area contributed by atoms with Gasteiger partial charge in [-0.25, -0.2) is 0 Å². The van der Waals surface area contributed by atoms with Crippen molar-refractivity contribution < 1.29 is 9.90 Å². The Morgan fingerprint density at radius 3 is 3.00 bits per heavy atom. The van der Waals surface area contributed by atoms with E-state index in [-0.39, 0.29) is 6.42 Å². The van der Waals surface area contributed by atoms with Crippen molar-refractivity contribution in [3.8, 4) is 0 Å². The zero-order valence-corrected chi connectivity index (χ0v) is 8.63. The molecule has 0 aliphatic rings. The van der Waals surface area contributed by atoms with Gasteiger partial charge in [0.25, 0.3) is 0 Å². The number of carboxylic acid groups (broad SMARTS) is 1. The van der Waals surface area contributed by atoms with Gasteiger partial charge in [0.05, 0.1) is 11.9 Å². The van der Waals surface area contributed by atoms with Crippen LogP contribution in [-0.4, -0.2) is 16.1 Å². The fraction of sp³-hybridized carbons (Fsp3) is 0.0769. The van der Waals surface area contributed by atoms with Crippen molar-refractivity contribution in [2.75, 3.05) is 0 Å². The third-order valence-corrected chi connectivity index (χ3v) is 2.27. The Morgan fingerprint density at radius 1 is 1.31 bits per heavy atom. The van der Waals surface area contributed by atoms with Crippen LogP contribution in [0.1, 0.15) is 12.0 Å². The van der Waals surface area contributed by atoms with E-state index in [4.69, 9.17) is 5.11 Å². The average Bonchev–Trinajstić information content (AvgIpc) is 2.29. The number of hydrogen-bond acceptors (Lipinski definition) is 2. The summed E-state index contributed by atoms with van der Waals surface area (Å²) in [6.07, 6.45) is 5.24. The van der Waals surface area contributed by atoms with Gasteiger partial charge in [-0.1, -0.05) is 30.4 Å². The molecule has 0 saturated heterocycles. The molecular weight excluding hydrogens is 202 g/mol. The van der Waals surface area contributed by atoms with Crippen molar-refractivity contribution in [3.63, 3.8) is 0 Å². The predicted molar refractivity (Wildman–Crippen MR) is 63.0 cm³/mol. The third kappa shape index (κ3) is 2.25. The number of carboxylic acids is 1. The van der Waals surface area contributed by atoms with Crippen LogP contribution in [0.25, 0.3) is 17.0 Å². The van der Waals surface area contributed by atoms with E-state index in [1.807, 2.05) is 36.4 Å². The number of rotatable bonds is 3. The highest BCUT2D eigenvalue weighted by Gasteiger charge is 1.97. The van der Waals surface area contributed by atoms with Crippen LogP contribution < -0.4 is 0 Å². The van der Waals surface area contributed by atoms with Crippen LogP contribution >= 0.6 is 0 Å². The summed E-state index contributed by atoms with van der Waals surface area (Å²) in [5.41, 5.74) is 1.91. The van der Waals surface area contributed by atoms with Crippen molar-refractivity contribution in [2.45, 2.75) is 6.42 Å². The molecule has 0 radical (unpaired) electrons. The lowest BCUT2D eigenvalue weighted by Gasteiger charge is -2.00. The molecule has 0 atom stereocenters. The lowest BCUT2D eigenvalue weighted by molar-refractivity contribution is -0.135. The van der Waals surface area contributed by atoms with Gasteiger partial charge >= 0.3 is 5.97 Å². The molecule has 2 aromatic rings. The Bertz CT molecular complexity index is 541. The second-order valence-corrected chi connectivity index (χ2v) is 3.42. The van der Waals surface area contributed by atoms with E-state index in [1.54, 1.807) is 12.3 Å². The van der Waals surface area contributed by atoms with Crippen LogP contribution in [0.2, 0.25) is 0 Å². The zero-order valence-electron chi connectivity index (χ0n) is 8.63. The highest BCUT2D eigenvalue weighted by molar-refractivity contribution is 5.88. The molecule has 0 fully saturated rings. The average molecular weight is 213 g/mol. The summed E-state index contributed by atoms with van der Waals surface area (Å²) in [4.78, 5) is 14.6. The minimum Gasteiger partial charge on any atom is -0.481 e. The maximum absolute atomic E-state index is 10.4. The molecule has 0 bridgehead atoms. The molecule has 80 valence electrons. The number of aromatic nitrogens is 1. The first-order valence-electron chi connectivity index (χ1n) is 4.99. The molecule has 0 saturated carbocycles. The van der Waals surface area contributed by atoms with E-state index in [9.17, 15) is 4.79 Å². The van der Waals surface area contributed by atoms with Gasteiger partial charge in [-0.05, 0) is 17.7 Å². The van der Waals surface area contributed by atoms with Crippen LogP contribution in [0.3, 0.4) is 0 Å². The largest absolute Gasteiger partial charge is 0.481 e. The number of nitrogens with zero attached hydrogens (tertiary/aromatic N) is 1. The first kappa shape index (κ1) is 10.4. The number of hydrogen-bond donors (Lipinski definition) is 1. The van der Waals surface area contributed by atoms with Crippen molar-refractivity contribution >= 4 is 22.9 Å². The molecule has 1 aromatic carbocycles. The Hall–Kier alpha value is -2.16. The summed E-state index contributed by atoms with van der Waals surface area (Å²) < 4.78 is 0. The van der Waals surface area contributed by atoms with Gasteiger partial charge in [0.15, 0.2) is 0 Å². The van der Waals surface area contributed by atoms with Crippen molar-refractivity contribution in [3.05, 3.63) is 48.2 Å². The van der Waals surface area contributed by atoms with E-state index < -0.39 is 5.97 Å². The van der Waals surface area contributed by atoms with E-state index in [0.29, 0.717) is 0 Å². The minimum atomic E-state index is -0.824. The molecule has 3 nitrogen and oxygen atoms in total. The molecule has 0 aliphatic heterocycles. The summed E-state index contributed by atoms with van der Waals surface area (Å²) in [6, 6.07) is 9.64. The summed E-state index contributed by atoms with van der Waals surface area (Å²) >= 11 is 0. The normalized spacial score (nSPS) is 11.0. The maximum atomic E-state index is 10.4. The Labute approximate surface area is 93.1 Å². The first-order chi connectivity index (χ1) is 7.77. The van der Waals surface area contributed by atoms with Crippen LogP contribution in [0, 0.1) is 0 Å². The summed E-state index contributed by atoms with van der Waals surface area (Å²) in [7, 11) is 0. The molecule has 1 N–H and O–H groups in total. The van der Waals surface area contributed by atoms with Crippen LogP contribution in [0.5, 0.6) is 0 Å². The second kappa shape index (κ2) is 4.57. The van der Waals surface area contributed by atoms with Crippen LogP contribution in [-0.2, 0) is 4.79 Å². The second-order valence-electron chi connectivity index (χ2n) is 3.42. The molecule has 0 amide bonds. The molecule has 1 aromatic heterocycles. The highest BCUT2D eigenvalue weighted by Crippen LogP contribution is 2.17. The van der Waals surface area contributed by atoms with Gasteiger partial charge in [-0.3, -0.25) is 9.78 Å². The Kier molecular flexibility index (Phi) is 2.96. The molecule has 1 heterocycles. The summed E-state index contributed by atoms with van der Waals surface area (Å²) in [5.74, 6) is -0.824. The van der Waals surface area contributed by atoms with Gasteiger partial charge < -0.3 is 5.11 Å². The van der Waals surface area contributed by atoms with Crippen LogP contribution in [0.4, 0.5) is 0 Å². The molecule has 16 heavy (non-hydrogen) atoms. The smallest absolute Gasteiger partial charge is 0.307 e. The predicted octanol–water partition coefficient (Wildman–Crippen LogP) is 2.72. The van der Waals surface area contributed by atoms with E-state index in [1.165, 1.54) is 0 Å². The van der Waals surface area contributed by atoms with E-state index in [2.05, 4.69) is 4.98 Å². The van der Waals surface area contributed by atoms with Gasteiger partial charge in [0.2, 0.25) is 0 Å². The topological polar surface area (TPSA) is 50.2 Å². The lowest BCUT2D eigenvalue weighted by atomic mass is 10.1. The van der Waals surface area contributed by atoms with Gasteiger partial charge in [0.1, 0.15) is 0 Å². The SMILES string of the molecule is O=C(O)CC=Cc1cccc2ncccc12. The van der Waals surface area contributed by atoms with E-state index >= 15 is 0 Å². The Balaban J connectivity index is 2.37. The monoisotopic (exact) mass is 213 g/mol. The first-order valence-corrected chi connectivity index (χ1v) is 4.99. The van der Waals surface area contributed by atoms with Gasteiger partial charge in [-0.15, -0.1) is 0 Å². The van der Waals surface area contributed by atoms with Gasteiger partial charge in [-0.2, -0.15) is 0 Å². The molecule has 3 heteroatoms. The van der Waals surface area contributed by atoms with Crippen LogP contribution in [0.15, 0.2) is 42.6 Å². The van der Waals surface area contributed by atoms with Crippen molar-refractivity contribution in [1.29, 1.82) is 0 Å². The molecule has 0 spiro atoms. The summed E-state index contributed by atoms with van der Waals surface area (Å²) in [5, 5.41) is 9.58. The number of carbonyl (C=O) groups is 1. The lowest BCUT2D eigenvalue weighted by Crippen LogP contribution is -1.89. The maximum Gasteiger partial charge on any atom is 0.307 e. The van der Waals surface area contributed by atoms with Crippen molar-refractivity contribution in [2.24, 2.45) is 0 Å². The quantitative estimate of drug-likeness (QED) is 0.852. The van der Waals surface area contributed by atoms with E-state index in [0.717, 1.165) is 16.5 Å². The highest BCUT2D eigenvalue weighted by atomic mass is 16.4. The zero-order chi connectivity index (χ0) is 11.4. The Morgan fingerprint density at radius 2 is 2.19 bits per heavy atom. The molecular formula is C13H11NO2. The van der Waals surface area contributed by atoms with Gasteiger partial charge in [0, 0.05) is 11.6 Å². The minimum absolute atomic E-state index is 0.0383. The number of aliphatic carboxylic acids is 1. The van der Waals surface area contributed by atoms with Crippen molar-refractivity contribution in [1.82, 2.24) is 4.98 Å². The number of pyridine rings is 1. The molecule has 0 aliphatic carbocycles. The molecule has 2 rings (SSSR count). The fourth-order valence-corrected chi connectivity index (χ4v) is 1.56. The fourth-order valence-electron chi connectivity index (χ4n) is 1.56. The molecule has 0 unspecified atom stereocenters.